The first kappa shape index (κ1) is 19.1. The first-order valence-corrected chi connectivity index (χ1v) is 8.41. The highest BCUT2D eigenvalue weighted by atomic mass is 35.5. The molecule has 3 N–H and O–H groups in total. The van der Waals surface area contributed by atoms with Crippen molar-refractivity contribution in [1.82, 2.24) is 10.2 Å². The van der Waals surface area contributed by atoms with Gasteiger partial charge in [-0.15, -0.1) is 0 Å². The zero-order chi connectivity index (χ0) is 18.4. The van der Waals surface area contributed by atoms with Crippen molar-refractivity contribution in [1.29, 1.82) is 0 Å². The van der Waals surface area contributed by atoms with Crippen LogP contribution in [0.15, 0.2) is 48.5 Å². The Balaban J connectivity index is 2.06. The normalized spacial score (nSPS) is 11.6. The van der Waals surface area contributed by atoms with Gasteiger partial charge < -0.3 is 16.0 Å². The SMILES string of the molecule is CN(Cc1ccc(Cl)c(Cl)c1)C(=O)C[C@@H](NC(N)=O)c1ccccc1. The van der Waals surface area contributed by atoms with E-state index >= 15 is 0 Å². The lowest BCUT2D eigenvalue weighted by Gasteiger charge is -2.22. The molecule has 0 heterocycles. The van der Waals surface area contributed by atoms with Crippen molar-refractivity contribution in [3.8, 4) is 0 Å². The molecule has 2 aromatic rings. The van der Waals surface area contributed by atoms with Crippen molar-refractivity contribution in [2.24, 2.45) is 5.73 Å². The van der Waals surface area contributed by atoms with Crippen molar-refractivity contribution in [3.05, 3.63) is 69.7 Å². The second-order valence-corrected chi connectivity index (χ2v) is 6.49. The minimum absolute atomic E-state index is 0.102. The number of urea groups is 1. The van der Waals surface area contributed by atoms with Gasteiger partial charge in [0.2, 0.25) is 5.91 Å². The second kappa shape index (κ2) is 8.74. The van der Waals surface area contributed by atoms with E-state index in [1.165, 1.54) is 0 Å². The molecular weight excluding hydrogens is 361 g/mol. The summed E-state index contributed by atoms with van der Waals surface area (Å²) in [6, 6.07) is 13.3. The summed E-state index contributed by atoms with van der Waals surface area (Å²) < 4.78 is 0. The van der Waals surface area contributed by atoms with E-state index in [4.69, 9.17) is 28.9 Å². The maximum atomic E-state index is 12.5. The first-order valence-electron chi connectivity index (χ1n) is 7.65. The summed E-state index contributed by atoms with van der Waals surface area (Å²) in [4.78, 5) is 25.4. The van der Waals surface area contributed by atoms with Crippen LogP contribution in [-0.2, 0) is 11.3 Å². The Bertz CT molecular complexity index is 753. The minimum atomic E-state index is -0.672. The van der Waals surface area contributed by atoms with E-state index in [1.54, 1.807) is 24.1 Å². The summed E-state index contributed by atoms with van der Waals surface area (Å²) in [6.45, 7) is 0.383. The maximum Gasteiger partial charge on any atom is 0.312 e. The number of nitrogens with one attached hydrogen (secondary N) is 1. The molecule has 132 valence electrons. The lowest BCUT2D eigenvalue weighted by Crippen LogP contribution is -2.37. The van der Waals surface area contributed by atoms with Gasteiger partial charge in [0, 0.05) is 13.6 Å². The summed E-state index contributed by atoms with van der Waals surface area (Å²) in [5.74, 6) is -0.131. The highest BCUT2D eigenvalue weighted by Gasteiger charge is 2.20. The first-order chi connectivity index (χ1) is 11.9. The third-order valence-electron chi connectivity index (χ3n) is 3.73. The average Bonchev–Trinajstić information content (AvgIpc) is 2.58. The fraction of sp³-hybridized carbons (Fsp3) is 0.222. The van der Waals surface area contributed by atoms with Crippen molar-refractivity contribution in [3.63, 3.8) is 0 Å². The second-order valence-electron chi connectivity index (χ2n) is 5.67. The largest absolute Gasteiger partial charge is 0.352 e. The minimum Gasteiger partial charge on any atom is -0.352 e. The van der Waals surface area contributed by atoms with E-state index < -0.39 is 12.1 Å². The van der Waals surface area contributed by atoms with Crippen LogP contribution in [0.4, 0.5) is 4.79 Å². The molecule has 0 radical (unpaired) electrons. The van der Waals surface area contributed by atoms with Crippen LogP contribution in [0.2, 0.25) is 10.0 Å². The van der Waals surface area contributed by atoms with Crippen LogP contribution < -0.4 is 11.1 Å². The highest BCUT2D eigenvalue weighted by Crippen LogP contribution is 2.23. The third kappa shape index (κ3) is 5.66. The summed E-state index contributed by atoms with van der Waals surface area (Å²) in [6.07, 6.45) is 0.102. The Morgan fingerprint density at radius 2 is 1.80 bits per heavy atom. The molecule has 7 heteroatoms. The predicted molar refractivity (Wildman–Crippen MR) is 99.5 cm³/mol. The van der Waals surface area contributed by atoms with Crippen molar-refractivity contribution in [2.45, 2.75) is 19.0 Å². The van der Waals surface area contributed by atoms with E-state index in [-0.39, 0.29) is 12.3 Å². The van der Waals surface area contributed by atoms with Gasteiger partial charge in [-0.25, -0.2) is 4.79 Å². The molecule has 5 nitrogen and oxygen atoms in total. The molecule has 0 saturated carbocycles. The Kier molecular flexibility index (Phi) is 6.67. The van der Waals surface area contributed by atoms with Crippen molar-refractivity contribution in [2.75, 3.05) is 7.05 Å². The molecule has 0 saturated heterocycles. The topological polar surface area (TPSA) is 75.4 Å². The van der Waals surface area contributed by atoms with Gasteiger partial charge in [-0.3, -0.25) is 4.79 Å². The molecule has 2 rings (SSSR count). The van der Waals surface area contributed by atoms with E-state index in [2.05, 4.69) is 5.32 Å². The van der Waals surface area contributed by atoms with Gasteiger partial charge in [-0.05, 0) is 23.3 Å². The van der Waals surface area contributed by atoms with Crippen LogP contribution in [0.1, 0.15) is 23.6 Å². The molecular formula is C18H19Cl2N3O2. The number of carbonyl (C=O) groups excluding carboxylic acids is 2. The predicted octanol–water partition coefficient (Wildman–Crippen LogP) is 3.75. The molecule has 0 bridgehead atoms. The van der Waals surface area contributed by atoms with E-state index in [0.717, 1.165) is 11.1 Å². The number of hydrogen-bond acceptors (Lipinski definition) is 2. The van der Waals surface area contributed by atoms with Crippen molar-refractivity contribution >= 4 is 35.1 Å². The molecule has 1 atom stereocenters. The molecule has 25 heavy (non-hydrogen) atoms. The Morgan fingerprint density at radius 3 is 2.40 bits per heavy atom. The fourth-order valence-electron chi connectivity index (χ4n) is 2.44. The molecule has 3 amide bonds. The molecule has 0 spiro atoms. The third-order valence-corrected chi connectivity index (χ3v) is 4.47. The van der Waals surface area contributed by atoms with Gasteiger partial charge in [-0.1, -0.05) is 59.6 Å². The van der Waals surface area contributed by atoms with Crippen LogP contribution >= 0.6 is 23.2 Å². The Hall–Kier alpha value is -2.24. The van der Waals surface area contributed by atoms with Crippen LogP contribution in [-0.4, -0.2) is 23.9 Å². The number of primary amides is 1. The molecule has 0 aliphatic heterocycles. The molecule has 0 aromatic heterocycles. The number of carbonyl (C=O) groups is 2. The maximum absolute atomic E-state index is 12.5. The molecule has 0 fully saturated rings. The van der Waals surface area contributed by atoms with Crippen LogP contribution in [0.5, 0.6) is 0 Å². The Labute approximate surface area is 156 Å². The lowest BCUT2D eigenvalue weighted by atomic mass is 10.0. The number of amides is 3. The monoisotopic (exact) mass is 379 g/mol. The van der Waals surface area contributed by atoms with Gasteiger partial charge in [0.1, 0.15) is 0 Å². The summed E-state index contributed by atoms with van der Waals surface area (Å²) in [5.41, 5.74) is 6.92. The number of halogens is 2. The average molecular weight is 380 g/mol. The van der Waals surface area contributed by atoms with Gasteiger partial charge >= 0.3 is 6.03 Å². The van der Waals surface area contributed by atoms with E-state index in [0.29, 0.717) is 16.6 Å². The molecule has 0 aliphatic carbocycles. The standard InChI is InChI=1S/C18H19Cl2N3O2/c1-23(11-12-7-8-14(19)15(20)9-12)17(24)10-16(22-18(21)25)13-5-3-2-4-6-13/h2-9,16H,10-11H2,1H3,(H3,21,22,25)/t16-/m1/s1. The van der Waals surface area contributed by atoms with Gasteiger partial charge in [0.25, 0.3) is 0 Å². The Morgan fingerprint density at radius 1 is 1.12 bits per heavy atom. The van der Waals surface area contributed by atoms with Gasteiger partial charge in [-0.2, -0.15) is 0 Å². The summed E-state index contributed by atoms with van der Waals surface area (Å²) >= 11 is 11.9. The number of nitrogens with zero attached hydrogens (tertiary/aromatic N) is 1. The van der Waals surface area contributed by atoms with Crippen molar-refractivity contribution < 1.29 is 9.59 Å². The number of rotatable bonds is 6. The number of nitrogens with two attached hydrogens (primary N) is 1. The number of benzene rings is 2. The molecule has 0 unspecified atom stereocenters. The number of hydrogen-bond donors (Lipinski definition) is 2. The lowest BCUT2D eigenvalue weighted by molar-refractivity contribution is -0.130. The van der Waals surface area contributed by atoms with Gasteiger partial charge in [0.15, 0.2) is 0 Å². The summed E-state index contributed by atoms with van der Waals surface area (Å²) in [5, 5.41) is 3.52. The van der Waals surface area contributed by atoms with Gasteiger partial charge in [0.05, 0.1) is 22.5 Å². The molecule has 2 aromatic carbocycles. The van der Waals surface area contributed by atoms with Crippen LogP contribution in [0.25, 0.3) is 0 Å². The quantitative estimate of drug-likeness (QED) is 0.801. The zero-order valence-electron chi connectivity index (χ0n) is 13.7. The smallest absolute Gasteiger partial charge is 0.312 e. The van der Waals surface area contributed by atoms with Crippen LogP contribution in [0.3, 0.4) is 0 Å². The van der Waals surface area contributed by atoms with E-state index in [9.17, 15) is 9.59 Å². The summed E-state index contributed by atoms with van der Waals surface area (Å²) in [7, 11) is 1.69. The van der Waals surface area contributed by atoms with E-state index in [1.807, 2.05) is 36.4 Å². The highest BCUT2D eigenvalue weighted by molar-refractivity contribution is 6.42. The molecule has 0 aliphatic rings. The zero-order valence-corrected chi connectivity index (χ0v) is 15.2. The van der Waals surface area contributed by atoms with Crippen LogP contribution in [0, 0.1) is 0 Å². The fourth-order valence-corrected chi connectivity index (χ4v) is 2.76.